The number of aliphatic carboxylic acids is 1. The smallest absolute Gasteiger partial charge is 0.323 e. The van der Waals surface area contributed by atoms with Crippen molar-refractivity contribution in [3.63, 3.8) is 0 Å². The predicted octanol–water partition coefficient (Wildman–Crippen LogP) is 5.49. The molecule has 10 heteroatoms. The number of hydrogen-bond acceptors (Lipinski definition) is 8. The molecule has 2 N–H and O–H groups in total. The van der Waals surface area contributed by atoms with Gasteiger partial charge in [0, 0.05) is 22.6 Å². The molecule has 0 saturated carbocycles. The summed E-state index contributed by atoms with van der Waals surface area (Å²) in [5, 5.41) is 31.1. The van der Waals surface area contributed by atoms with Crippen LogP contribution in [-0.2, 0) is 14.4 Å². The van der Waals surface area contributed by atoms with Crippen molar-refractivity contribution in [2.75, 3.05) is 11.4 Å². The first-order valence-corrected chi connectivity index (χ1v) is 11.9. The zero-order valence-corrected chi connectivity index (χ0v) is 21.2. The Morgan fingerprint density at radius 1 is 0.950 bits per heavy atom. The summed E-state index contributed by atoms with van der Waals surface area (Å²) in [6.45, 7) is 0.626. The van der Waals surface area contributed by atoms with Crippen LogP contribution < -0.4 is 4.90 Å². The number of phenols is 1. The van der Waals surface area contributed by atoms with Crippen molar-refractivity contribution >= 4 is 46.6 Å². The van der Waals surface area contributed by atoms with E-state index in [1.165, 1.54) is 13.0 Å². The Balaban J connectivity index is 1.63. The van der Waals surface area contributed by atoms with Crippen LogP contribution in [0.2, 0.25) is 0 Å². The van der Waals surface area contributed by atoms with Gasteiger partial charge in [-0.05, 0) is 90.0 Å². The van der Waals surface area contributed by atoms with Crippen molar-refractivity contribution in [3.05, 3.63) is 112 Å². The van der Waals surface area contributed by atoms with Gasteiger partial charge in [0.25, 0.3) is 11.8 Å². The molecule has 3 aromatic rings. The van der Waals surface area contributed by atoms with Crippen molar-refractivity contribution < 1.29 is 24.6 Å². The number of phenolic OH excluding ortho intramolecular Hbond substituents is 1. The van der Waals surface area contributed by atoms with Gasteiger partial charge in [-0.3, -0.25) is 19.3 Å². The van der Waals surface area contributed by atoms with E-state index < -0.39 is 24.3 Å². The minimum absolute atomic E-state index is 0.0528. The molecule has 0 aromatic heterocycles. The van der Waals surface area contributed by atoms with Crippen molar-refractivity contribution in [3.8, 4) is 11.8 Å². The molecule has 40 heavy (non-hydrogen) atoms. The van der Waals surface area contributed by atoms with E-state index in [9.17, 15) is 29.7 Å². The number of carboxylic acids is 1. The van der Waals surface area contributed by atoms with Gasteiger partial charge >= 0.3 is 5.97 Å². The first-order chi connectivity index (χ1) is 19.2. The number of imide groups is 1. The zero-order chi connectivity index (χ0) is 28.8. The number of rotatable bonds is 8. The molecular weight excluding hydrogens is 512 g/mol. The third-order valence-electron chi connectivity index (χ3n) is 6.14. The van der Waals surface area contributed by atoms with Crippen LogP contribution in [0.4, 0.5) is 22.7 Å². The molecule has 0 saturated heterocycles. The lowest BCUT2D eigenvalue weighted by Crippen LogP contribution is -2.45. The number of hydrogen-bond donors (Lipinski definition) is 2. The minimum atomic E-state index is -1.37. The van der Waals surface area contributed by atoms with Gasteiger partial charge in [0.05, 0.1) is 0 Å². The Bertz CT molecular complexity index is 1610. The molecular formula is C30H22N4O6. The second-order valence-electron chi connectivity index (χ2n) is 8.69. The molecule has 0 atom stereocenters. The van der Waals surface area contributed by atoms with Gasteiger partial charge < -0.3 is 15.1 Å². The summed E-state index contributed by atoms with van der Waals surface area (Å²) in [6.07, 6.45) is 4.74. The number of benzene rings is 3. The molecule has 0 radical (unpaired) electrons. The lowest BCUT2D eigenvalue weighted by molar-refractivity contribution is -0.149. The van der Waals surface area contributed by atoms with Gasteiger partial charge in [-0.15, -0.1) is 4.91 Å². The normalized spacial score (nSPS) is 14.5. The van der Waals surface area contributed by atoms with Gasteiger partial charge in [0.1, 0.15) is 29.6 Å². The van der Waals surface area contributed by atoms with E-state index in [0.29, 0.717) is 10.6 Å². The standard InChI is InChI=1S/C30H22N4O6/c1-19-26(29(38)33(18-28(36)37)30(39)27(19)17-31)4-2-3-20-5-9-22(10-6-20)34(24-13-15-25(35)16-14-24)23-11-7-21(32-40)8-12-23/h2-16,35H,18H2,1H3,(H,36,37)/b3-2+,26-4-. The number of carboxylic acid groups (broad SMARTS) is 1. The van der Waals surface area contributed by atoms with Crippen LogP contribution in [0.5, 0.6) is 5.75 Å². The van der Waals surface area contributed by atoms with Crippen LogP contribution in [0.25, 0.3) is 6.08 Å². The fourth-order valence-electron chi connectivity index (χ4n) is 4.14. The van der Waals surface area contributed by atoms with Crippen LogP contribution in [0.1, 0.15) is 12.5 Å². The Morgan fingerprint density at radius 3 is 2.02 bits per heavy atom. The lowest BCUT2D eigenvalue weighted by atomic mass is 9.95. The summed E-state index contributed by atoms with van der Waals surface area (Å²) in [7, 11) is 0. The van der Waals surface area contributed by atoms with Crippen molar-refractivity contribution in [1.29, 1.82) is 5.26 Å². The summed E-state index contributed by atoms with van der Waals surface area (Å²) in [5.74, 6) is -2.97. The zero-order valence-electron chi connectivity index (χ0n) is 21.2. The molecule has 0 spiro atoms. The molecule has 198 valence electrons. The number of amides is 2. The van der Waals surface area contributed by atoms with Gasteiger partial charge in [-0.25, -0.2) is 0 Å². The number of nitriles is 1. The average Bonchev–Trinajstić information content (AvgIpc) is 2.95. The van der Waals surface area contributed by atoms with E-state index in [0.717, 1.165) is 22.6 Å². The largest absolute Gasteiger partial charge is 0.508 e. The highest BCUT2D eigenvalue weighted by Gasteiger charge is 2.36. The molecule has 0 bridgehead atoms. The first-order valence-electron chi connectivity index (χ1n) is 11.9. The van der Waals surface area contributed by atoms with Crippen LogP contribution in [0.15, 0.2) is 107 Å². The maximum Gasteiger partial charge on any atom is 0.323 e. The number of allylic oxidation sites excluding steroid dienone is 2. The summed E-state index contributed by atoms with van der Waals surface area (Å²) in [5.41, 5.74) is 3.34. The van der Waals surface area contributed by atoms with Crippen LogP contribution in [0.3, 0.4) is 0 Å². The van der Waals surface area contributed by atoms with E-state index >= 15 is 0 Å². The maximum absolute atomic E-state index is 12.8. The van der Waals surface area contributed by atoms with Gasteiger partial charge in [-0.1, -0.05) is 24.3 Å². The molecule has 0 unspecified atom stereocenters. The molecule has 1 aliphatic heterocycles. The Labute approximate surface area is 229 Å². The van der Waals surface area contributed by atoms with Gasteiger partial charge in [0.15, 0.2) is 0 Å². The SMILES string of the molecule is CC1=C(C#N)C(=O)N(CC(=O)O)C(=O)/C1=C\C=C\c1ccc(N(c2ccc(O)cc2)c2ccc(N=O)cc2)cc1. The lowest BCUT2D eigenvalue weighted by Gasteiger charge is -2.25. The van der Waals surface area contributed by atoms with Gasteiger partial charge in [-0.2, -0.15) is 5.26 Å². The quantitative estimate of drug-likeness (QED) is 0.219. The fourth-order valence-corrected chi connectivity index (χ4v) is 4.14. The van der Waals surface area contributed by atoms with E-state index in [2.05, 4.69) is 5.18 Å². The maximum atomic E-state index is 12.8. The molecule has 1 aliphatic rings. The third kappa shape index (κ3) is 5.69. The second kappa shape index (κ2) is 11.7. The summed E-state index contributed by atoms with van der Waals surface area (Å²) >= 11 is 0. The van der Waals surface area contributed by atoms with Crippen molar-refractivity contribution in [1.82, 2.24) is 4.90 Å². The molecule has 1 heterocycles. The van der Waals surface area contributed by atoms with Crippen molar-refractivity contribution in [2.45, 2.75) is 6.92 Å². The predicted molar refractivity (Wildman–Crippen MR) is 148 cm³/mol. The van der Waals surface area contributed by atoms with E-state index in [4.69, 9.17) is 5.11 Å². The number of carbonyl (C=O) groups is 3. The highest BCUT2D eigenvalue weighted by atomic mass is 16.4. The molecule has 0 aliphatic carbocycles. The second-order valence-corrected chi connectivity index (χ2v) is 8.69. The first kappa shape index (κ1) is 27.2. The Morgan fingerprint density at radius 2 is 1.50 bits per heavy atom. The van der Waals surface area contributed by atoms with Gasteiger partial charge in [0.2, 0.25) is 0 Å². The molecule has 3 aromatic carbocycles. The monoisotopic (exact) mass is 534 g/mol. The Kier molecular flexibility index (Phi) is 7.97. The molecule has 2 amide bonds. The molecule has 10 nitrogen and oxygen atoms in total. The van der Waals surface area contributed by atoms with Crippen LogP contribution >= 0.6 is 0 Å². The fraction of sp³-hybridized carbons (Fsp3) is 0.0667. The summed E-state index contributed by atoms with van der Waals surface area (Å²) in [4.78, 5) is 49.6. The van der Waals surface area contributed by atoms with Crippen LogP contribution in [-0.4, -0.2) is 39.4 Å². The highest BCUT2D eigenvalue weighted by molar-refractivity contribution is 6.19. The van der Waals surface area contributed by atoms with E-state index in [-0.39, 0.29) is 22.5 Å². The average molecular weight is 535 g/mol. The number of nitroso groups, excluding NO2 is 1. The minimum Gasteiger partial charge on any atom is -0.508 e. The number of aromatic hydroxyl groups is 1. The van der Waals surface area contributed by atoms with E-state index in [1.807, 2.05) is 29.2 Å². The number of anilines is 3. The van der Waals surface area contributed by atoms with Crippen molar-refractivity contribution in [2.24, 2.45) is 5.18 Å². The Hall–Kier alpha value is -5.82. The molecule has 4 rings (SSSR count). The molecule has 0 fully saturated rings. The summed E-state index contributed by atoms with van der Waals surface area (Å²) < 4.78 is 0. The highest BCUT2D eigenvalue weighted by Crippen LogP contribution is 2.36. The van der Waals surface area contributed by atoms with E-state index in [1.54, 1.807) is 66.8 Å². The van der Waals surface area contributed by atoms with Crippen LogP contribution in [0, 0.1) is 16.2 Å². The number of carbonyl (C=O) groups excluding carboxylic acids is 2. The number of nitrogens with zero attached hydrogens (tertiary/aromatic N) is 4. The third-order valence-corrected chi connectivity index (χ3v) is 6.14. The topological polar surface area (TPSA) is 151 Å². The summed E-state index contributed by atoms with van der Waals surface area (Å²) in [6, 6.07) is 22.5.